The van der Waals surface area contributed by atoms with Crippen LogP contribution in [-0.2, 0) is 0 Å². The maximum atomic E-state index is 13.0. The Morgan fingerprint density at radius 3 is 1.69 bits per heavy atom. The number of nitro groups is 2. The maximum absolute atomic E-state index is 13.0. The molecule has 0 aliphatic heterocycles. The second kappa shape index (κ2) is 3.76. The molecule has 0 unspecified atom stereocenters. The Morgan fingerprint density at radius 2 is 1.31 bits per heavy atom. The Bertz CT molecular complexity index is 458. The van der Waals surface area contributed by atoms with E-state index in [2.05, 4.69) is 0 Å². The predicted octanol–water partition coefficient (Wildman–Crippen LogP) is 2.23. The van der Waals surface area contributed by atoms with Gasteiger partial charge in [-0.05, 0) is 6.92 Å². The van der Waals surface area contributed by atoms with Crippen LogP contribution in [0.1, 0.15) is 5.56 Å². The molecular weight excluding hydrogens is 233 g/mol. The van der Waals surface area contributed by atoms with Gasteiger partial charge in [0.05, 0.1) is 15.4 Å². The van der Waals surface area contributed by atoms with Crippen LogP contribution in [0.5, 0.6) is 0 Å². The first-order valence-corrected chi connectivity index (χ1v) is 3.74. The molecule has 0 fully saturated rings. The molecule has 86 valence electrons. The van der Waals surface area contributed by atoms with Gasteiger partial charge in [-0.1, -0.05) is 0 Å². The highest BCUT2D eigenvalue weighted by atomic mass is 19.2. The standard InChI is InChI=1S/C7H3F3N2O4/c1-2-3(8)4(9)5(10)7(12(15)16)6(2)11(13)14/h1H3. The van der Waals surface area contributed by atoms with Crippen molar-refractivity contribution in [2.45, 2.75) is 6.92 Å². The number of halogens is 3. The van der Waals surface area contributed by atoms with Crippen molar-refractivity contribution >= 4 is 11.4 Å². The van der Waals surface area contributed by atoms with Gasteiger partial charge in [0.25, 0.3) is 0 Å². The third-order valence-electron chi connectivity index (χ3n) is 1.87. The van der Waals surface area contributed by atoms with Crippen LogP contribution in [0.4, 0.5) is 24.5 Å². The van der Waals surface area contributed by atoms with E-state index in [1.807, 2.05) is 0 Å². The van der Waals surface area contributed by atoms with E-state index in [1.165, 1.54) is 0 Å². The molecule has 1 aromatic carbocycles. The molecule has 9 heteroatoms. The lowest BCUT2D eigenvalue weighted by Crippen LogP contribution is -2.07. The third kappa shape index (κ3) is 1.55. The summed E-state index contributed by atoms with van der Waals surface area (Å²) in [5.74, 6) is -6.09. The number of nitrogens with zero attached hydrogens (tertiary/aromatic N) is 2. The summed E-state index contributed by atoms with van der Waals surface area (Å²) in [4.78, 5) is 17.9. The van der Waals surface area contributed by atoms with E-state index in [-0.39, 0.29) is 0 Å². The highest BCUT2D eigenvalue weighted by molar-refractivity contribution is 5.59. The van der Waals surface area contributed by atoms with Crippen LogP contribution in [0.15, 0.2) is 0 Å². The molecule has 0 heterocycles. The van der Waals surface area contributed by atoms with Gasteiger partial charge in [-0.25, -0.2) is 8.78 Å². The number of nitro benzene ring substituents is 2. The molecule has 0 saturated heterocycles. The SMILES string of the molecule is Cc1c(F)c(F)c(F)c([N+](=O)[O-])c1[N+](=O)[O-]. The number of benzene rings is 1. The summed E-state index contributed by atoms with van der Waals surface area (Å²) < 4.78 is 38.6. The average Bonchev–Trinajstić information content (AvgIpc) is 2.18. The molecule has 1 rings (SSSR count). The Balaban J connectivity index is 3.83. The van der Waals surface area contributed by atoms with Crippen molar-refractivity contribution in [3.05, 3.63) is 43.2 Å². The van der Waals surface area contributed by atoms with E-state index in [1.54, 1.807) is 0 Å². The first-order chi connectivity index (χ1) is 7.29. The van der Waals surface area contributed by atoms with Crippen molar-refractivity contribution in [3.8, 4) is 0 Å². The Labute approximate surface area is 85.6 Å². The summed E-state index contributed by atoms with van der Waals surface area (Å²) in [6, 6.07) is 0. The summed E-state index contributed by atoms with van der Waals surface area (Å²) in [7, 11) is 0. The van der Waals surface area contributed by atoms with Gasteiger partial charge in [0.15, 0.2) is 5.82 Å². The smallest absolute Gasteiger partial charge is 0.258 e. The summed E-state index contributed by atoms with van der Waals surface area (Å²) in [5, 5.41) is 20.7. The van der Waals surface area contributed by atoms with Crippen LogP contribution in [0, 0.1) is 44.6 Å². The van der Waals surface area contributed by atoms with Gasteiger partial charge in [0, 0.05) is 0 Å². The van der Waals surface area contributed by atoms with Gasteiger partial charge in [0.2, 0.25) is 11.6 Å². The largest absolute Gasteiger partial charge is 0.384 e. The van der Waals surface area contributed by atoms with Gasteiger partial charge in [-0.2, -0.15) is 4.39 Å². The number of hydrogen-bond acceptors (Lipinski definition) is 4. The first kappa shape index (κ1) is 11.9. The zero-order valence-corrected chi connectivity index (χ0v) is 7.66. The minimum Gasteiger partial charge on any atom is -0.258 e. The molecule has 0 aliphatic carbocycles. The highest BCUT2D eigenvalue weighted by Crippen LogP contribution is 2.36. The monoisotopic (exact) mass is 236 g/mol. The minimum absolute atomic E-state index is 0.753. The molecule has 0 bridgehead atoms. The molecule has 6 nitrogen and oxygen atoms in total. The lowest BCUT2D eigenvalue weighted by molar-refractivity contribution is -0.425. The van der Waals surface area contributed by atoms with E-state index in [0.717, 1.165) is 6.92 Å². The Morgan fingerprint density at radius 1 is 0.875 bits per heavy atom. The maximum Gasteiger partial charge on any atom is 0.384 e. The van der Waals surface area contributed by atoms with E-state index < -0.39 is 44.2 Å². The molecule has 1 aromatic rings. The van der Waals surface area contributed by atoms with Crippen LogP contribution in [0.2, 0.25) is 0 Å². The van der Waals surface area contributed by atoms with Crippen LogP contribution < -0.4 is 0 Å². The van der Waals surface area contributed by atoms with Gasteiger partial charge >= 0.3 is 11.4 Å². The zero-order chi connectivity index (χ0) is 12.6. The second-order valence-corrected chi connectivity index (χ2v) is 2.78. The highest BCUT2D eigenvalue weighted by Gasteiger charge is 2.37. The Hall–Kier alpha value is -2.19. The molecule has 0 atom stereocenters. The molecule has 0 spiro atoms. The molecule has 16 heavy (non-hydrogen) atoms. The van der Waals surface area contributed by atoms with Crippen LogP contribution in [-0.4, -0.2) is 9.85 Å². The molecule has 0 aliphatic rings. The van der Waals surface area contributed by atoms with Crippen molar-refractivity contribution in [2.24, 2.45) is 0 Å². The van der Waals surface area contributed by atoms with Crippen LogP contribution in [0.3, 0.4) is 0 Å². The summed E-state index contributed by atoms with van der Waals surface area (Å²) in [6.45, 7) is 0.753. The van der Waals surface area contributed by atoms with Gasteiger partial charge in [0.1, 0.15) is 0 Å². The van der Waals surface area contributed by atoms with E-state index in [4.69, 9.17) is 0 Å². The second-order valence-electron chi connectivity index (χ2n) is 2.78. The van der Waals surface area contributed by atoms with E-state index >= 15 is 0 Å². The van der Waals surface area contributed by atoms with Crippen molar-refractivity contribution in [1.82, 2.24) is 0 Å². The van der Waals surface area contributed by atoms with Crippen LogP contribution in [0.25, 0.3) is 0 Å². The van der Waals surface area contributed by atoms with Crippen molar-refractivity contribution < 1.29 is 23.0 Å². The number of rotatable bonds is 2. The van der Waals surface area contributed by atoms with Crippen LogP contribution >= 0.6 is 0 Å². The first-order valence-electron chi connectivity index (χ1n) is 3.74. The predicted molar refractivity (Wildman–Crippen MR) is 44.4 cm³/mol. The minimum atomic E-state index is -2.18. The van der Waals surface area contributed by atoms with E-state index in [0.29, 0.717) is 0 Å². The zero-order valence-electron chi connectivity index (χ0n) is 7.66. The molecule has 0 aromatic heterocycles. The lowest BCUT2D eigenvalue weighted by atomic mass is 10.1. The Kier molecular flexibility index (Phi) is 2.79. The molecular formula is C7H3F3N2O4. The quantitative estimate of drug-likeness (QED) is 0.447. The normalized spacial score (nSPS) is 10.2. The summed E-state index contributed by atoms with van der Waals surface area (Å²) >= 11 is 0. The van der Waals surface area contributed by atoms with E-state index in [9.17, 15) is 33.4 Å². The third-order valence-corrected chi connectivity index (χ3v) is 1.87. The summed E-state index contributed by atoms with van der Waals surface area (Å²) in [6.07, 6.45) is 0. The van der Waals surface area contributed by atoms with Gasteiger partial charge < -0.3 is 0 Å². The lowest BCUT2D eigenvalue weighted by Gasteiger charge is -2.02. The molecule has 0 N–H and O–H groups in total. The topological polar surface area (TPSA) is 86.3 Å². The fraction of sp³-hybridized carbons (Fsp3) is 0.143. The van der Waals surface area contributed by atoms with Gasteiger partial charge in [-0.15, -0.1) is 0 Å². The van der Waals surface area contributed by atoms with Crippen molar-refractivity contribution in [2.75, 3.05) is 0 Å². The molecule has 0 radical (unpaired) electrons. The number of hydrogen-bond donors (Lipinski definition) is 0. The average molecular weight is 236 g/mol. The van der Waals surface area contributed by atoms with Gasteiger partial charge in [-0.3, -0.25) is 20.2 Å². The fourth-order valence-corrected chi connectivity index (χ4v) is 1.14. The molecule has 0 amide bonds. The summed E-state index contributed by atoms with van der Waals surface area (Å²) in [5.41, 5.74) is -3.99. The molecule has 0 saturated carbocycles. The van der Waals surface area contributed by atoms with Crippen molar-refractivity contribution in [3.63, 3.8) is 0 Å². The fourth-order valence-electron chi connectivity index (χ4n) is 1.14. The van der Waals surface area contributed by atoms with Crippen molar-refractivity contribution in [1.29, 1.82) is 0 Å².